The lowest BCUT2D eigenvalue weighted by Gasteiger charge is -2.34. The highest BCUT2D eigenvalue weighted by Gasteiger charge is 2.35. The van der Waals surface area contributed by atoms with E-state index in [-0.39, 0.29) is 42.1 Å². The average Bonchev–Trinajstić information content (AvgIpc) is 3.03. The molecule has 236 valence electrons. The molecule has 0 spiro atoms. The van der Waals surface area contributed by atoms with Crippen LogP contribution < -0.4 is 14.4 Å². The second-order valence-corrected chi connectivity index (χ2v) is 13.0. The maximum Gasteiger partial charge on any atom is 0.264 e. The molecule has 8 nitrogen and oxygen atoms in total. The van der Waals surface area contributed by atoms with Crippen molar-refractivity contribution in [2.75, 3.05) is 17.5 Å². The van der Waals surface area contributed by atoms with Crippen LogP contribution in [-0.4, -0.2) is 50.4 Å². The van der Waals surface area contributed by atoms with E-state index in [1.54, 1.807) is 73.7 Å². The zero-order valence-corrected chi connectivity index (χ0v) is 27.2. The van der Waals surface area contributed by atoms with E-state index < -0.39 is 28.5 Å². The second-order valence-electron chi connectivity index (χ2n) is 10.7. The molecule has 2 amide bonds. The summed E-state index contributed by atoms with van der Waals surface area (Å²) in [6.07, 6.45) is 0.205. The van der Waals surface area contributed by atoms with Crippen LogP contribution in [0.3, 0.4) is 0 Å². The third-order valence-electron chi connectivity index (χ3n) is 7.04. The molecular weight excluding hydrogens is 610 g/mol. The normalized spacial score (nSPS) is 11.9. The Morgan fingerprint density at radius 1 is 0.844 bits per heavy atom. The van der Waals surface area contributed by atoms with Gasteiger partial charge in [-0.25, -0.2) is 8.42 Å². The van der Waals surface area contributed by atoms with Gasteiger partial charge in [-0.05, 0) is 62.2 Å². The van der Waals surface area contributed by atoms with Crippen LogP contribution in [-0.2, 0) is 32.6 Å². The summed E-state index contributed by atoms with van der Waals surface area (Å²) in [5, 5.41) is 3.37. The quantitative estimate of drug-likeness (QED) is 0.179. The molecule has 45 heavy (non-hydrogen) atoms. The summed E-state index contributed by atoms with van der Waals surface area (Å²) in [5.41, 5.74) is 1.67. The standard InChI is InChI=1S/C35H38ClN3O5S/c1-4-44-33-22-14-13-21-31(33)39(45(42,43)29-18-9-6-10-19-29)25-34(40)38(24-28-17-11-12-20-30(28)36)32(35(41)37-26(2)3)23-27-15-7-5-8-16-27/h5-22,26,32H,4,23-25H2,1-3H3,(H,37,41). The minimum absolute atomic E-state index is 0.0140. The molecule has 1 N–H and O–H groups in total. The van der Waals surface area contributed by atoms with Crippen LogP contribution in [0, 0.1) is 0 Å². The van der Waals surface area contributed by atoms with Crippen LogP contribution in [0.1, 0.15) is 31.9 Å². The first kappa shape index (κ1) is 33.6. The number of halogens is 1. The van der Waals surface area contributed by atoms with Crippen LogP contribution in [0.2, 0.25) is 5.02 Å². The summed E-state index contributed by atoms with van der Waals surface area (Å²) >= 11 is 6.55. The number of carbonyl (C=O) groups excluding carboxylic acids is 2. The summed E-state index contributed by atoms with van der Waals surface area (Å²) in [6, 6.07) is 29.9. The van der Waals surface area contributed by atoms with Crippen LogP contribution in [0.5, 0.6) is 5.75 Å². The lowest BCUT2D eigenvalue weighted by molar-refractivity contribution is -0.140. The van der Waals surface area contributed by atoms with E-state index in [4.69, 9.17) is 16.3 Å². The number of nitrogens with zero attached hydrogens (tertiary/aromatic N) is 2. The summed E-state index contributed by atoms with van der Waals surface area (Å²) in [4.78, 5) is 29.8. The van der Waals surface area contributed by atoms with Gasteiger partial charge in [-0.1, -0.05) is 90.5 Å². The molecule has 0 aromatic heterocycles. The highest BCUT2D eigenvalue weighted by atomic mass is 35.5. The first-order chi connectivity index (χ1) is 21.6. The molecule has 0 radical (unpaired) electrons. The summed E-state index contributed by atoms with van der Waals surface area (Å²) in [5.74, 6) is -0.634. The predicted molar refractivity (Wildman–Crippen MR) is 178 cm³/mol. The van der Waals surface area contributed by atoms with E-state index >= 15 is 0 Å². The van der Waals surface area contributed by atoms with Gasteiger partial charge in [0.2, 0.25) is 11.8 Å². The summed E-state index contributed by atoms with van der Waals surface area (Å²) in [7, 11) is -4.25. The monoisotopic (exact) mass is 647 g/mol. The molecule has 0 saturated carbocycles. The van der Waals surface area contributed by atoms with E-state index in [1.807, 2.05) is 44.2 Å². The molecule has 4 aromatic carbocycles. The van der Waals surface area contributed by atoms with Crippen LogP contribution in [0.4, 0.5) is 5.69 Å². The topological polar surface area (TPSA) is 96.0 Å². The number of nitrogens with one attached hydrogen (secondary N) is 1. The van der Waals surface area contributed by atoms with E-state index in [0.29, 0.717) is 16.3 Å². The number of hydrogen-bond acceptors (Lipinski definition) is 5. The lowest BCUT2D eigenvalue weighted by atomic mass is 10.0. The van der Waals surface area contributed by atoms with Crippen molar-refractivity contribution in [2.24, 2.45) is 0 Å². The van der Waals surface area contributed by atoms with Gasteiger partial charge in [-0.3, -0.25) is 13.9 Å². The molecule has 0 fully saturated rings. The largest absolute Gasteiger partial charge is 0.492 e. The van der Waals surface area contributed by atoms with Crippen molar-refractivity contribution in [1.29, 1.82) is 0 Å². The Hall–Kier alpha value is -4.34. The molecule has 10 heteroatoms. The molecule has 0 aliphatic carbocycles. The maximum atomic E-state index is 14.6. The average molecular weight is 648 g/mol. The van der Waals surface area contributed by atoms with Crippen LogP contribution >= 0.6 is 11.6 Å². The van der Waals surface area contributed by atoms with Gasteiger partial charge in [0.15, 0.2) is 0 Å². The van der Waals surface area contributed by atoms with Crippen molar-refractivity contribution in [3.8, 4) is 5.75 Å². The first-order valence-corrected chi connectivity index (χ1v) is 16.6. The minimum atomic E-state index is -4.25. The number of carbonyl (C=O) groups is 2. The Morgan fingerprint density at radius 2 is 1.44 bits per heavy atom. The fourth-order valence-corrected chi connectivity index (χ4v) is 6.56. The Labute approximate surface area is 270 Å². The zero-order valence-electron chi connectivity index (χ0n) is 25.6. The Kier molecular flexibility index (Phi) is 11.6. The van der Waals surface area contributed by atoms with Gasteiger partial charge < -0.3 is 15.0 Å². The van der Waals surface area contributed by atoms with Gasteiger partial charge in [0.25, 0.3) is 10.0 Å². The van der Waals surface area contributed by atoms with Crippen molar-refractivity contribution in [1.82, 2.24) is 10.2 Å². The van der Waals surface area contributed by atoms with E-state index in [1.165, 1.54) is 17.0 Å². The first-order valence-electron chi connectivity index (χ1n) is 14.8. The van der Waals surface area contributed by atoms with Gasteiger partial charge in [-0.15, -0.1) is 0 Å². The fourth-order valence-electron chi connectivity index (χ4n) is 4.92. The second kappa shape index (κ2) is 15.6. The van der Waals surface area contributed by atoms with Gasteiger partial charge >= 0.3 is 0 Å². The molecule has 0 aliphatic heterocycles. The van der Waals surface area contributed by atoms with Crippen molar-refractivity contribution in [3.05, 3.63) is 125 Å². The van der Waals surface area contributed by atoms with Crippen LogP contribution in [0.25, 0.3) is 0 Å². The molecule has 0 bridgehead atoms. The van der Waals surface area contributed by atoms with Gasteiger partial charge in [0.05, 0.1) is 17.2 Å². The number of anilines is 1. The number of sulfonamides is 1. The number of hydrogen-bond donors (Lipinski definition) is 1. The van der Waals surface area contributed by atoms with Crippen LogP contribution in [0.15, 0.2) is 114 Å². The molecule has 4 aromatic rings. The molecule has 4 rings (SSSR count). The molecule has 1 unspecified atom stereocenters. The summed E-state index contributed by atoms with van der Waals surface area (Å²) in [6.45, 7) is 5.16. The number of ether oxygens (including phenoxy) is 1. The van der Waals surface area contributed by atoms with Crippen molar-refractivity contribution in [2.45, 2.75) is 50.7 Å². The molecule has 0 heterocycles. The number of para-hydroxylation sites is 2. The minimum Gasteiger partial charge on any atom is -0.492 e. The molecule has 0 saturated heterocycles. The molecule has 1 atom stereocenters. The van der Waals surface area contributed by atoms with Crippen molar-refractivity contribution >= 4 is 39.1 Å². The van der Waals surface area contributed by atoms with Crippen molar-refractivity contribution < 1.29 is 22.7 Å². The third-order valence-corrected chi connectivity index (χ3v) is 9.19. The number of rotatable bonds is 14. The lowest BCUT2D eigenvalue weighted by Crippen LogP contribution is -2.54. The molecule has 0 aliphatic rings. The number of benzene rings is 4. The fraction of sp³-hybridized carbons (Fsp3) is 0.257. The van der Waals surface area contributed by atoms with Crippen molar-refractivity contribution in [3.63, 3.8) is 0 Å². The Bertz CT molecular complexity index is 1680. The Balaban J connectivity index is 1.84. The van der Waals surface area contributed by atoms with Gasteiger partial charge in [0.1, 0.15) is 18.3 Å². The van der Waals surface area contributed by atoms with Gasteiger partial charge in [0, 0.05) is 24.0 Å². The highest BCUT2D eigenvalue weighted by molar-refractivity contribution is 7.92. The van der Waals surface area contributed by atoms with E-state index in [2.05, 4.69) is 5.32 Å². The smallest absolute Gasteiger partial charge is 0.264 e. The highest BCUT2D eigenvalue weighted by Crippen LogP contribution is 2.33. The Morgan fingerprint density at radius 3 is 2.09 bits per heavy atom. The van der Waals surface area contributed by atoms with Gasteiger partial charge in [-0.2, -0.15) is 0 Å². The maximum absolute atomic E-state index is 14.6. The van der Waals surface area contributed by atoms with E-state index in [0.717, 1.165) is 9.87 Å². The third kappa shape index (κ3) is 8.65. The summed E-state index contributed by atoms with van der Waals surface area (Å²) < 4.78 is 35.2. The zero-order chi connectivity index (χ0) is 32.4. The molecular formula is C35H38ClN3O5S. The number of amides is 2. The SMILES string of the molecule is CCOc1ccccc1N(CC(=O)N(Cc1ccccc1Cl)C(Cc1ccccc1)C(=O)NC(C)C)S(=O)(=O)c1ccccc1. The van der Waals surface area contributed by atoms with E-state index in [9.17, 15) is 18.0 Å². The predicted octanol–water partition coefficient (Wildman–Crippen LogP) is 6.10.